The first kappa shape index (κ1) is 18.7. The molecule has 0 bridgehead atoms. The van der Waals surface area contributed by atoms with Gasteiger partial charge in [-0.3, -0.25) is 4.55 Å². The summed E-state index contributed by atoms with van der Waals surface area (Å²) in [5.41, 5.74) is 1.46. The summed E-state index contributed by atoms with van der Waals surface area (Å²) in [7, 11) is -4.92. The minimum absolute atomic E-state index is 0.0665. The predicted octanol–water partition coefficient (Wildman–Crippen LogP) is -2.26. The van der Waals surface area contributed by atoms with Crippen LogP contribution in [-0.4, -0.2) is 45.5 Å². The van der Waals surface area contributed by atoms with Crippen molar-refractivity contribution in [3.8, 4) is 0 Å². The molecule has 0 aliphatic rings. The Morgan fingerprint density at radius 3 is 2.20 bits per heavy atom. The molecule has 0 aliphatic carbocycles. The van der Waals surface area contributed by atoms with Crippen molar-refractivity contribution in [2.24, 2.45) is 0 Å². The van der Waals surface area contributed by atoms with Crippen LogP contribution >= 0.6 is 0 Å². The molecular weight excluding hydrogens is 292 g/mol. The van der Waals surface area contributed by atoms with Crippen LogP contribution in [0.4, 0.5) is 0 Å². The van der Waals surface area contributed by atoms with Crippen LogP contribution in [-0.2, 0) is 23.5 Å². The predicted molar refractivity (Wildman–Crippen MR) is 66.9 cm³/mol. The summed E-state index contributed by atoms with van der Waals surface area (Å²) in [6, 6.07) is 1.87. The molecule has 0 amide bonds. The van der Waals surface area contributed by atoms with Gasteiger partial charge in [0.25, 0.3) is 0 Å². The molecule has 1 aromatic rings. The van der Waals surface area contributed by atoms with Crippen molar-refractivity contribution in [3.05, 3.63) is 27.9 Å². The molecule has 9 nitrogen and oxygen atoms in total. The Morgan fingerprint density at radius 1 is 1.30 bits per heavy atom. The average molecular weight is 310 g/mol. The van der Waals surface area contributed by atoms with Gasteiger partial charge in [-0.25, -0.2) is 8.42 Å². The van der Waals surface area contributed by atoms with Crippen LogP contribution in [0.5, 0.6) is 0 Å². The maximum atomic E-state index is 11.9. The van der Waals surface area contributed by atoms with Gasteiger partial charge in [-0.05, 0) is 13.8 Å². The second-order valence-corrected chi connectivity index (χ2v) is 4.74. The van der Waals surface area contributed by atoms with E-state index in [9.17, 15) is 4.79 Å². The van der Waals surface area contributed by atoms with Gasteiger partial charge in [-0.2, -0.15) is 13.9 Å². The van der Waals surface area contributed by atoms with E-state index in [0.717, 1.165) is 11.4 Å². The molecule has 0 aliphatic heterocycles. The first-order chi connectivity index (χ1) is 9.11. The first-order valence-electron chi connectivity index (χ1n) is 5.62. The van der Waals surface area contributed by atoms with Gasteiger partial charge in [0.2, 0.25) is 10.4 Å². The second-order valence-electron chi connectivity index (χ2n) is 3.89. The van der Waals surface area contributed by atoms with Crippen molar-refractivity contribution in [1.82, 2.24) is 4.57 Å². The normalized spacial score (nSPS) is 10.9. The topological polar surface area (TPSA) is 144 Å². The van der Waals surface area contributed by atoms with Gasteiger partial charge in [0.15, 0.2) is 0 Å². The average Bonchev–Trinajstić information content (AvgIpc) is 2.28. The molecule has 116 valence electrons. The fraction of sp³-hybridized carbons (Fsp3) is 0.600. The summed E-state index contributed by atoms with van der Waals surface area (Å²) in [5.74, 6) is 0. The molecule has 1 rings (SSSR count). The monoisotopic (exact) mass is 310 g/mol. The Kier molecular flexibility index (Phi) is 7.53. The Morgan fingerprint density at radius 2 is 1.80 bits per heavy atom. The molecule has 0 spiro atoms. The van der Waals surface area contributed by atoms with E-state index < -0.39 is 10.4 Å². The zero-order valence-corrected chi connectivity index (χ0v) is 12.0. The van der Waals surface area contributed by atoms with Gasteiger partial charge < -0.3 is 14.8 Å². The van der Waals surface area contributed by atoms with Gasteiger partial charge in [-0.1, -0.05) is 0 Å². The Hall–Kier alpha value is -1.33. The lowest BCUT2D eigenvalue weighted by Crippen LogP contribution is -2.57. The van der Waals surface area contributed by atoms with E-state index >= 15 is 0 Å². The summed E-state index contributed by atoms with van der Waals surface area (Å²) in [4.78, 5) is 11.9. The van der Waals surface area contributed by atoms with E-state index in [2.05, 4.69) is 0 Å². The SMILES string of the molecule is Cc1cc(C)[n+](CCO)c(=O)n1CCO.O=S(=O)([O-])O. The molecule has 0 atom stereocenters. The fourth-order valence-corrected chi connectivity index (χ4v) is 1.65. The third-order valence-corrected chi connectivity index (χ3v) is 2.38. The number of aliphatic hydroxyl groups is 2. The highest BCUT2D eigenvalue weighted by atomic mass is 32.3. The van der Waals surface area contributed by atoms with Crippen molar-refractivity contribution < 1.29 is 32.3 Å². The molecule has 0 radical (unpaired) electrons. The zero-order chi connectivity index (χ0) is 15.9. The van der Waals surface area contributed by atoms with Gasteiger partial charge in [0.05, 0.1) is 13.2 Å². The number of aromatic nitrogens is 2. The summed E-state index contributed by atoms with van der Waals surface area (Å²) in [5, 5.41) is 17.7. The second kappa shape index (κ2) is 8.07. The minimum atomic E-state index is -4.92. The Labute approximate surface area is 116 Å². The lowest BCUT2D eigenvalue weighted by molar-refractivity contribution is -0.722. The zero-order valence-electron chi connectivity index (χ0n) is 11.2. The van der Waals surface area contributed by atoms with Crippen molar-refractivity contribution in [2.45, 2.75) is 26.9 Å². The molecule has 10 heteroatoms. The lowest BCUT2D eigenvalue weighted by atomic mass is 10.3. The standard InChI is InChI=1S/C10H17N2O3.H2O4S/c1-8-7-9(2)12(4-6-14)10(15)11(8)3-5-13;1-5(2,3)4/h7,13-14H,3-6H2,1-2H3;(H2,1,2,3,4)/q+1;/p-1. The van der Waals surface area contributed by atoms with Crippen LogP contribution < -0.4 is 10.3 Å². The summed E-state index contributed by atoms with van der Waals surface area (Å²) < 4.78 is 35.8. The first-order valence-corrected chi connectivity index (χ1v) is 6.99. The van der Waals surface area contributed by atoms with Gasteiger partial charge in [0, 0.05) is 6.07 Å². The summed E-state index contributed by atoms with van der Waals surface area (Å²) >= 11 is 0. The quantitative estimate of drug-likeness (QED) is 0.323. The third-order valence-electron chi connectivity index (χ3n) is 2.38. The van der Waals surface area contributed by atoms with Crippen LogP contribution in [0.25, 0.3) is 0 Å². The maximum absolute atomic E-state index is 11.9. The minimum Gasteiger partial charge on any atom is -0.726 e. The van der Waals surface area contributed by atoms with Crippen LogP contribution in [0.15, 0.2) is 10.9 Å². The van der Waals surface area contributed by atoms with E-state index in [1.807, 2.05) is 19.9 Å². The van der Waals surface area contributed by atoms with Crippen LogP contribution in [0, 0.1) is 13.8 Å². The van der Waals surface area contributed by atoms with E-state index in [-0.39, 0.29) is 32.0 Å². The van der Waals surface area contributed by atoms with Crippen LogP contribution in [0.2, 0.25) is 0 Å². The molecule has 0 unspecified atom stereocenters. The van der Waals surface area contributed by atoms with E-state index in [1.54, 1.807) is 0 Å². The van der Waals surface area contributed by atoms with Gasteiger partial charge in [-0.15, -0.1) is 0 Å². The largest absolute Gasteiger partial charge is 0.726 e. The summed E-state index contributed by atoms with van der Waals surface area (Å²) in [6.45, 7) is 4.10. The molecule has 3 N–H and O–H groups in total. The molecular formula is C10H18N2O7S. The molecule has 0 fully saturated rings. The van der Waals surface area contributed by atoms with E-state index in [4.69, 9.17) is 27.7 Å². The molecule has 0 saturated heterocycles. The smallest absolute Gasteiger partial charge is 0.498 e. The molecule has 0 saturated carbocycles. The van der Waals surface area contributed by atoms with E-state index in [1.165, 1.54) is 9.13 Å². The lowest BCUT2D eigenvalue weighted by Gasteiger charge is -2.06. The van der Waals surface area contributed by atoms with Gasteiger partial charge in [0.1, 0.15) is 24.5 Å². The molecule has 1 aromatic heterocycles. The highest BCUT2D eigenvalue weighted by Gasteiger charge is 2.15. The number of aliphatic hydroxyl groups excluding tert-OH is 2. The van der Waals surface area contributed by atoms with Crippen molar-refractivity contribution in [2.75, 3.05) is 13.2 Å². The highest BCUT2D eigenvalue weighted by Crippen LogP contribution is 1.95. The van der Waals surface area contributed by atoms with Crippen molar-refractivity contribution in [1.29, 1.82) is 0 Å². The Bertz CT molecular complexity index is 553. The number of rotatable bonds is 4. The number of aryl methyl sites for hydroxylation is 2. The number of nitrogens with zero attached hydrogens (tertiary/aromatic N) is 2. The van der Waals surface area contributed by atoms with Gasteiger partial charge >= 0.3 is 5.69 Å². The van der Waals surface area contributed by atoms with E-state index in [0.29, 0.717) is 0 Å². The highest BCUT2D eigenvalue weighted by molar-refractivity contribution is 7.79. The number of hydrogen-bond acceptors (Lipinski definition) is 6. The fourth-order valence-electron chi connectivity index (χ4n) is 1.65. The third kappa shape index (κ3) is 6.73. The molecule has 0 aromatic carbocycles. The van der Waals surface area contributed by atoms with Crippen LogP contribution in [0.1, 0.15) is 11.4 Å². The molecule has 1 heterocycles. The summed E-state index contributed by atoms with van der Waals surface area (Å²) in [6.07, 6.45) is 0. The maximum Gasteiger partial charge on any atom is 0.498 e. The number of hydrogen-bond donors (Lipinski definition) is 3. The van der Waals surface area contributed by atoms with Crippen LogP contribution in [0.3, 0.4) is 0 Å². The molecule has 20 heavy (non-hydrogen) atoms. The Balaban J connectivity index is 0.000000621. The van der Waals surface area contributed by atoms with Crippen molar-refractivity contribution in [3.63, 3.8) is 0 Å². The van der Waals surface area contributed by atoms with Crippen molar-refractivity contribution >= 4 is 10.4 Å².